The molecule has 27 heavy (non-hydrogen) atoms. The quantitative estimate of drug-likeness (QED) is 0.671. The molecule has 3 N–H and O–H groups in total. The second-order valence-electron chi connectivity index (χ2n) is 6.51. The molecule has 8 heteroatoms. The largest absolute Gasteiger partial charge is 0.397 e. The zero-order valence-corrected chi connectivity index (χ0v) is 15.7. The summed E-state index contributed by atoms with van der Waals surface area (Å²) in [6.07, 6.45) is 6.09. The van der Waals surface area contributed by atoms with Crippen molar-refractivity contribution in [3.05, 3.63) is 64.6 Å². The number of anilines is 3. The van der Waals surface area contributed by atoms with Gasteiger partial charge in [-0.25, -0.2) is 19.9 Å². The summed E-state index contributed by atoms with van der Waals surface area (Å²) in [6, 6.07) is 5.61. The third kappa shape index (κ3) is 3.78. The molecule has 0 bridgehead atoms. The van der Waals surface area contributed by atoms with E-state index in [9.17, 15) is 0 Å². The fraction of sp³-hybridized carbons (Fsp3) is 0.263. The van der Waals surface area contributed by atoms with Gasteiger partial charge in [-0.3, -0.25) is 0 Å². The highest BCUT2D eigenvalue weighted by atomic mass is 35.5. The Morgan fingerprint density at radius 2 is 2.00 bits per heavy atom. The van der Waals surface area contributed by atoms with Gasteiger partial charge in [0.1, 0.15) is 18.0 Å². The molecule has 4 rings (SSSR count). The number of nitrogens with two attached hydrogens (primary N) is 1. The van der Waals surface area contributed by atoms with Gasteiger partial charge in [0.25, 0.3) is 0 Å². The number of nitrogens with one attached hydrogen (secondary N) is 1. The highest BCUT2D eigenvalue weighted by Crippen LogP contribution is 2.32. The Kier molecular flexibility index (Phi) is 4.77. The summed E-state index contributed by atoms with van der Waals surface area (Å²) in [6.45, 7) is 4.01. The first kappa shape index (κ1) is 17.5. The van der Waals surface area contributed by atoms with E-state index in [2.05, 4.69) is 30.2 Å². The second-order valence-corrected chi connectivity index (χ2v) is 6.95. The van der Waals surface area contributed by atoms with Gasteiger partial charge in [-0.1, -0.05) is 11.6 Å². The number of fused-ring (bicyclic) bond motifs is 1. The Labute approximate surface area is 162 Å². The molecule has 0 saturated carbocycles. The maximum absolute atomic E-state index is 6.17. The molecule has 0 unspecified atom stereocenters. The van der Waals surface area contributed by atoms with E-state index >= 15 is 0 Å². The zero-order valence-electron chi connectivity index (χ0n) is 15.0. The van der Waals surface area contributed by atoms with Crippen LogP contribution in [0.4, 0.5) is 17.2 Å². The van der Waals surface area contributed by atoms with Crippen LogP contribution in [0, 0.1) is 6.92 Å². The molecule has 0 spiro atoms. The van der Waals surface area contributed by atoms with Crippen molar-refractivity contribution in [2.24, 2.45) is 0 Å². The van der Waals surface area contributed by atoms with Crippen LogP contribution in [0.3, 0.4) is 0 Å². The molecule has 2 aromatic heterocycles. The highest BCUT2D eigenvalue weighted by Gasteiger charge is 2.22. The first-order valence-corrected chi connectivity index (χ1v) is 9.12. The molecule has 138 valence electrons. The lowest BCUT2D eigenvalue weighted by atomic mass is 10.0. The van der Waals surface area contributed by atoms with E-state index in [4.69, 9.17) is 17.3 Å². The van der Waals surface area contributed by atoms with Crippen molar-refractivity contribution in [2.45, 2.75) is 26.4 Å². The van der Waals surface area contributed by atoms with Crippen LogP contribution in [0.25, 0.3) is 0 Å². The third-order valence-corrected chi connectivity index (χ3v) is 4.86. The molecule has 0 aliphatic carbocycles. The topological polar surface area (TPSA) is 92.9 Å². The Hall–Kier alpha value is -2.93. The highest BCUT2D eigenvalue weighted by molar-refractivity contribution is 6.31. The van der Waals surface area contributed by atoms with Crippen molar-refractivity contribution < 1.29 is 0 Å². The minimum absolute atomic E-state index is 0.604. The lowest BCUT2D eigenvalue weighted by Gasteiger charge is -2.31. The van der Waals surface area contributed by atoms with Crippen LogP contribution in [0.2, 0.25) is 5.02 Å². The maximum atomic E-state index is 6.17. The number of rotatable bonds is 4. The summed E-state index contributed by atoms with van der Waals surface area (Å²) in [5.41, 5.74) is 11.0. The Morgan fingerprint density at radius 3 is 2.78 bits per heavy atom. The van der Waals surface area contributed by atoms with Crippen molar-refractivity contribution in [1.82, 2.24) is 19.9 Å². The van der Waals surface area contributed by atoms with Gasteiger partial charge in [-0.05, 0) is 25.1 Å². The van der Waals surface area contributed by atoms with Crippen LogP contribution >= 0.6 is 11.6 Å². The van der Waals surface area contributed by atoms with E-state index in [1.54, 1.807) is 12.4 Å². The van der Waals surface area contributed by atoms with Gasteiger partial charge in [-0.2, -0.15) is 0 Å². The first-order chi connectivity index (χ1) is 13.1. The molecule has 7 nitrogen and oxygen atoms in total. The van der Waals surface area contributed by atoms with E-state index in [0.29, 0.717) is 23.8 Å². The second kappa shape index (κ2) is 7.36. The molecule has 0 fully saturated rings. The molecule has 1 aromatic carbocycles. The van der Waals surface area contributed by atoms with E-state index < -0.39 is 0 Å². The number of aromatic nitrogens is 4. The van der Waals surface area contributed by atoms with Crippen LogP contribution in [0.5, 0.6) is 0 Å². The van der Waals surface area contributed by atoms with Gasteiger partial charge < -0.3 is 16.0 Å². The first-order valence-electron chi connectivity index (χ1n) is 8.74. The number of hydrogen-bond acceptors (Lipinski definition) is 7. The van der Waals surface area contributed by atoms with Gasteiger partial charge in [-0.15, -0.1) is 0 Å². The summed E-state index contributed by atoms with van der Waals surface area (Å²) in [7, 11) is 0. The molecule has 0 radical (unpaired) electrons. The fourth-order valence-corrected chi connectivity index (χ4v) is 3.39. The Balaban J connectivity index is 1.56. The number of nitrogen functional groups attached to an aromatic ring is 1. The molecule has 0 saturated heterocycles. The lowest BCUT2D eigenvalue weighted by Crippen LogP contribution is -2.32. The van der Waals surface area contributed by atoms with Crippen molar-refractivity contribution in [1.29, 1.82) is 0 Å². The SMILES string of the molecule is Cc1ncc(CNc2ncnc3c2CN(c2ccc(Cl)cc2N)CC3)cn1. The van der Waals surface area contributed by atoms with Gasteiger partial charge in [0.15, 0.2) is 0 Å². The molecule has 1 aliphatic heterocycles. The van der Waals surface area contributed by atoms with Gasteiger partial charge in [0, 0.05) is 54.6 Å². The minimum atomic E-state index is 0.604. The predicted molar refractivity (Wildman–Crippen MR) is 107 cm³/mol. The molecule has 0 atom stereocenters. The Morgan fingerprint density at radius 1 is 1.19 bits per heavy atom. The van der Waals surface area contributed by atoms with Gasteiger partial charge >= 0.3 is 0 Å². The van der Waals surface area contributed by atoms with E-state index in [-0.39, 0.29) is 0 Å². The van der Waals surface area contributed by atoms with Crippen molar-refractivity contribution in [2.75, 3.05) is 22.5 Å². The average Bonchev–Trinajstić information content (AvgIpc) is 2.67. The molecule has 3 heterocycles. The van der Waals surface area contributed by atoms with Gasteiger partial charge in [0.05, 0.1) is 17.1 Å². The standard InChI is InChI=1S/C19H20ClN7/c1-12-22-7-13(8-23-12)9-24-19-15-10-27(5-4-17(15)25-11-26-19)18-3-2-14(20)6-16(18)21/h2-3,6-8,11H,4-5,9-10,21H2,1H3,(H,24,25,26). The summed E-state index contributed by atoms with van der Waals surface area (Å²) in [5, 5.41) is 4.03. The summed E-state index contributed by atoms with van der Waals surface area (Å²) in [5.74, 6) is 1.59. The normalized spacial score (nSPS) is 13.3. The number of aryl methyl sites for hydroxylation is 1. The van der Waals surface area contributed by atoms with Crippen molar-refractivity contribution >= 4 is 28.8 Å². The van der Waals surface area contributed by atoms with Crippen LogP contribution in [-0.2, 0) is 19.5 Å². The zero-order chi connectivity index (χ0) is 18.8. The van der Waals surface area contributed by atoms with Crippen LogP contribution in [-0.4, -0.2) is 26.5 Å². The minimum Gasteiger partial charge on any atom is -0.397 e. The van der Waals surface area contributed by atoms with Crippen LogP contribution in [0.15, 0.2) is 36.9 Å². The fourth-order valence-electron chi connectivity index (χ4n) is 3.21. The number of hydrogen-bond donors (Lipinski definition) is 2. The molecule has 3 aromatic rings. The van der Waals surface area contributed by atoms with Gasteiger partial charge in [0.2, 0.25) is 0 Å². The smallest absolute Gasteiger partial charge is 0.134 e. The van der Waals surface area contributed by atoms with Crippen molar-refractivity contribution in [3.63, 3.8) is 0 Å². The lowest BCUT2D eigenvalue weighted by molar-refractivity contribution is 0.707. The molecule has 1 aliphatic rings. The summed E-state index contributed by atoms with van der Waals surface area (Å²) < 4.78 is 0. The number of benzene rings is 1. The average molecular weight is 382 g/mol. The van der Waals surface area contributed by atoms with Crippen LogP contribution < -0.4 is 16.0 Å². The molecular weight excluding hydrogens is 362 g/mol. The maximum Gasteiger partial charge on any atom is 0.134 e. The van der Waals surface area contributed by atoms with Crippen molar-refractivity contribution in [3.8, 4) is 0 Å². The molecule has 0 amide bonds. The monoisotopic (exact) mass is 381 g/mol. The van der Waals surface area contributed by atoms with E-state index in [1.165, 1.54) is 0 Å². The molecular formula is C19H20ClN7. The summed E-state index contributed by atoms with van der Waals surface area (Å²) in [4.78, 5) is 19.6. The third-order valence-electron chi connectivity index (χ3n) is 4.63. The van der Waals surface area contributed by atoms with E-state index in [0.717, 1.165) is 47.1 Å². The van der Waals surface area contributed by atoms with Crippen LogP contribution in [0.1, 0.15) is 22.6 Å². The van der Waals surface area contributed by atoms with E-state index in [1.807, 2.05) is 31.5 Å². The Bertz CT molecular complexity index is 959. The summed E-state index contributed by atoms with van der Waals surface area (Å²) >= 11 is 6.03. The number of halogens is 1. The number of nitrogens with zero attached hydrogens (tertiary/aromatic N) is 5. The predicted octanol–water partition coefficient (Wildman–Crippen LogP) is 2.99.